The highest BCUT2D eigenvalue weighted by molar-refractivity contribution is 5.91. The van der Waals surface area contributed by atoms with Crippen molar-refractivity contribution in [2.75, 3.05) is 12.4 Å². The van der Waals surface area contributed by atoms with Gasteiger partial charge in [-0.2, -0.15) is 0 Å². The molecule has 0 saturated carbocycles. The van der Waals surface area contributed by atoms with E-state index in [9.17, 15) is 4.79 Å². The molecule has 0 aliphatic heterocycles. The van der Waals surface area contributed by atoms with Crippen LogP contribution < -0.4 is 10.1 Å². The molecule has 1 aliphatic rings. The molecule has 0 radical (unpaired) electrons. The number of carbonyl (C=O) groups excluding carboxylic acids is 1. The topological polar surface area (TPSA) is 38.3 Å². The van der Waals surface area contributed by atoms with Crippen molar-refractivity contribution in [1.29, 1.82) is 0 Å². The molecule has 1 aromatic rings. The summed E-state index contributed by atoms with van der Waals surface area (Å²) in [4.78, 5) is 11.8. The molecule has 0 spiro atoms. The van der Waals surface area contributed by atoms with Gasteiger partial charge in [0.25, 0.3) is 0 Å². The van der Waals surface area contributed by atoms with E-state index < -0.39 is 0 Å². The summed E-state index contributed by atoms with van der Waals surface area (Å²) < 4.78 is 5.11. The molecular weight excluding hydrogens is 214 g/mol. The average Bonchev–Trinajstić information content (AvgIpc) is 2.82. The highest BCUT2D eigenvalue weighted by Gasteiger charge is 2.13. The van der Waals surface area contributed by atoms with E-state index in [4.69, 9.17) is 4.74 Å². The number of methoxy groups -OCH3 is 1. The molecule has 0 bridgehead atoms. The van der Waals surface area contributed by atoms with Crippen molar-refractivity contribution in [3.05, 3.63) is 36.4 Å². The summed E-state index contributed by atoms with van der Waals surface area (Å²) in [5.74, 6) is 1.22. The zero-order valence-electron chi connectivity index (χ0n) is 9.98. The first-order chi connectivity index (χ1) is 8.28. The number of nitrogens with one attached hydrogen (secondary N) is 1. The second-order valence-corrected chi connectivity index (χ2v) is 4.25. The maximum absolute atomic E-state index is 11.8. The Kier molecular flexibility index (Phi) is 3.81. The molecular formula is C14H17NO2. The van der Waals surface area contributed by atoms with Gasteiger partial charge < -0.3 is 10.1 Å². The van der Waals surface area contributed by atoms with E-state index in [0.717, 1.165) is 24.3 Å². The lowest BCUT2D eigenvalue weighted by Crippen LogP contribution is -2.14. The maximum Gasteiger partial charge on any atom is 0.224 e. The van der Waals surface area contributed by atoms with Crippen molar-refractivity contribution in [3.63, 3.8) is 0 Å². The molecule has 1 atom stereocenters. The first kappa shape index (κ1) is 11.7. The second kappa shape index (κ2) is 5.53. The van der Waals surface area contributed by atoms with Crippen LogP contribution in [0.25, 0.3) is 0 Å². The van der Waals surface area contributed by atoms with Crippen LogP contribution in [0.5, 0.6) is 5.75 Å². The van der Waals surface area contributed by atoms with E-state index in [2.05, 4.69) is 17.5 Å². The van der Waals surface area contributed by atoms with Gasteiger partial charge in [0.05, 0.1) is 7.11 Å². The number of amides is 1. The van der Waals surface area contributed by atoms with Crippen LogP contribution in [-0.4, -0.2) is 13.0 Å². The fraction of sp³-hybridized carbons (Fsp3) is 0.357. The molecule has 0 heterocycles. The fourth-order valence-electron chi connectivity index (χ4n) is 2.02. The van der Waals surface area contributed by atoms with Crippen molar-refractivity contribution in [2.45, 2.75) is 19.3 Å². The lowest BCUT2D eigenvalue weighted by molar-refractivity contribution is -0.116. The SMILES string of the molecule is COc1cccc(NC(=O)CC2C=CCC2)c1. The van der Waals surface area contributed by atoms with Crippen LogP contribution in [0, 0.1) is 5.92 Å². The predicted octanol–water partition coefficient (Wildman–Crippen LogP) is 2.99. The number of anilines is 1. The molecule has 1 unspecified atom stereocenters. The molecule has 3 heteroatoms. The van der Waals surface area contributed by atoms with Gasteiger partial charge in [0, 0.05) is 18.2 Å². The van der Waals surface area contributed by atoms with Crippen molar-refractivity contribution in [2.24, 2.45) is 5.92 Å². The van der Waals surface area contributed by atoms with E-state index in [-0.39, 0.29) is 5.91 Å². The zero-order chi connectivity index (χ0) is 12.1. The second-order valence-electron chi connectivity index (χ2n) is 4.25. The van der Waals surface area contributed by atoms with Crippen LogP contribution in [0.3, 0.4) is 0 Å². The number of rotatable bonds is 4. The molecule has 0 saturated heterocycles. The molecule has 1 amide bonds. The summed E-state index contributed by atoms with van der Waals surface area (Å²) in [6.45, 7) is 0. The molecule has 1 aromatic carbocycles. The summed E-state index contributed by atoms with van der Waals surface area (Å²) in [6, 6.07) is 7.41. The Hall–Kier alpha value is -1.77. The summed E-state index contributed by atoms with van der Waals surface area (Å²) in [7, 11) is 1.62. The van der Waals surface area contributed by atoms with Gasteiger partial charge in [-0.3, -0.25) is 4.79 Å². The lowest BCUT2D eigenvalue weighted by Gasteiger charge is -2.09. The van der Waals surface area contributed by atoms with E-state index in [1.807, 2.05) is 24.3 Å². The van der Waals surface area contributed by atoms with Crippen LogP contribution >= 0.6 is 0 Å². The maximum atomic E-state index is 11.8. The molecule has 17 heavy (non-hydrogen) atoms. The monoisotopic (exact) mass is 231 g/mol. The van der Waals surface area contributed by atoms with Crippen LogP contribution in [0.4, 0.5) is 5.69 Å². The third kappa shape index (κ3) is 3.34. The fourth-order valence-corrected chi connectivity index (χ4v) is 2.02. The quantitative estimate of drug-likeness (QED) is 0.809. The molecule has 1 N–H and O–H groups in total. The van der Waals surface area contributed by atoms with Crippen LogP contribution in [0.2, 0.25) is 0 Å². The van der Waals surface area contributed by atoms with Crippen molar-refractivity contribution in [3.8, 4) is 5.75 Å². The summed E-state index contributed by atoms with van der Waals surface area (Å²) in [6.07, 6.45) is 7.02. The van der Waals surface area contributed by atoms with E-state index >= 15 is 0 Å². The average molecular weight is 231 g/mol. The highest BCUT2D eigenvalue weighted by Crippen LogP contribution is 2.22. The van der Waals surface area contributed by atoms with Gasteiger partial charge in [-0.1, -0.05) is 18.2 Å². The minimum Gasteiger partial charge on any atom is -0.497 e. The lowest BCUT2D eigenvalue weighted by atomic mass is 10.1. The molecule has 0 aromatic heterocycles. The van der Waals surface area contributed by atoms with Gasteiger partial charge in [-0.15, -0.1) is 0 Å². The Morgan fingerprint density at radius 1 is 1.53 bits per heavy atom. The van der Waals surface area contributed by atoms with Crippen LogP contribution in [0.1, 0.15) is 19.3 Å². The van der Waals surface area contributed by atoms with Crippen molar-refractivity contribution in [1.82, 2.24) is 0 Å². The minimum atomic E-state index is 0.0646. The smallest absolute Gasteiger partial charge is 0.224 e. The number of allylic oxidation sites excluding steroid dienone is 2. The summed E-state index contributed by atoms with van der Waals surface area (Å²) in [5.41, 5.74) is 0.788. The predicted molar refractivity (Wildman–Crippen MR) is 68.1 cm³/mol. The van der Waals surface area contributed by atoms with Gasteiger partial charge >= 0.3 is 0 Å². The molecule has 3 nitrogen and oxygen atoms in total. The number of ether oxygens (including phenoxy) is 1. The highest BCUT2D eigenvalue weighted by atomic mass is 16.5. The molecule has 2 rings (SSSR count). The van der Waals surface area contributed by atoms with Gasteiger partial charge in [0.1, 0.15) is 5.75 Å². The van der Waals surface area contributed by atoms with E-state index in [1.165, 1.54) is 0 Å². The summed E-state index contributed by atoms with van der Waals surface area (Å²) >= 11 is 0. The first-order valence-corrected chi connectivity index (χ1v) is 5.88. The van der Waals surface area contributed by atoms with E-state index in [1.54, 1.807) is 7.11 Å². The van der Waals surface area contributed by atoms with Gasteiger partial charge in [-0.25, -0.2) is 0 Å². The van der Waals surface area contributed by atoms with Crippen LogP contribution in [0.15, 0.2) is 36.4 Å². The Bertz CT molecular complexity index is 426. The standard InChI is InChI=1S/C14H17NO2/c1-17-13-8-4-7-12(10-13)15-14(16)9-11-5-2-3-6-11/h2,4-5,7-8,10-11H,3,6,9H2,1H3,(H,15,16). The number of benzene rings is 1. The van der Waals surface area contributed by atoms with Crippen LogP contribution in [-0.2, 0) is 4.79 Å². The minimum absolute atomic E-state index is 0.0646. The Labute approximate surface area is 101 Å². The molecule has 0 fully saturated rings. The van der Waals surface area contributed by atoms with Gasteiger partial charge in [0.15, 0.2) is 0 Å². The normalized spacial score (nSPS) is 18.1. The zero-order valence-corrected chi connectivity index (χ0v) is 9.98. The number of hydrogen-bond acceptors (Lipinski definition) is 2. The Balaban J connectivity index is 1.90. The van der Waals surface area contributed by atoms with Crippen molar-refractivity contribution >= 4 is 11.6 Å². The van der Waals surface area contributed by atoms with Gasteiger partial charge in [-0.05, 0) is 30.9 Å². The van der Waals surface area contributed by atoms with E-state index in [0.29, 0.717) is 12.3 Å². The summed E-state index contributed by atoms with van der Waals surface area (Å²) in [5, 5.41) is 2.89. The third-order valence-electron chi connectivity index (χ3n) is 2.91. The first-order valence-electron chi connectivity index (χ1n) is 5.88. The van der Waals surface area contributed by atoms with Gasteiger partial charge in [0.2, 0.25) is 5.91 Å². The van der Waals surface area contributed by atoms with Crippen molar-refractivity contribution < 1.29 is 9.53 Å². The number of hydrogen-bond donors (Lipinski definition) is 1. The Morgan fingerprint density at radius 2 is 2.41 bits per heavy atom. The largest absolute Gasteiger partial charge is 0.497 e. The third-order valence-corrected chi connectivity index (χ3v) is 2.91. The molecule has 1 aliphatic carbocycles. The number of carbonyl (C=O) groups is 1. The molecule has 90 valence electrons. The Morgan fingerprint density at radius 3 is 3.12 bits per heavy atom.